The number of methoxy groups -OCH3 is 1. The highest BCUT2D eigenvalue weighted by Gasteiger charge is 2.41. The van der Waals surface area contributed by atoms with Crippen molar-refractivity contribution in [2.75, 3.05) is 7.11 Å². The molecule has 0 aromatic heterocycles. The van der Waals surface area contributed by atoms with Crippen LogP contribution in [-0.2, 0) is 5.41 Å². The van der Waals surface area contributed by atoms with E-state index in [0.29, 0.717) is 5.92 Å². The Morgan fingerprint density at radius 2 is 1.50 bits per heavy atom. The highest BCUT2D eigenvalue weighted by Crippen LogP contribution is 2.43. The number of aryl methyl sites for hydroxylation is 1. The molecule has 0 spiro atoms. The van der Waals surface area contributed by atoms with Crippen LogP contribution in [-0.4, -0.2) is 15.2 Å². The first-order valence-electron chi connectivity index (χ1n) is 8.97. The zero-order chi connectivity index (χ0) is 18.3. The van der Waals surface area contributed by atoms with Crippen LogP contribution in [0.15, 0.2) is 36.4 Å². The molecule has 2 rings (SSSR count). The quantitative estimate of drug-likeness (QED) is 0.634. The van der Waals surface area contributed by atoms with Crippen molar-refractivity contribution in [3.05, 3.63) is 47.6 Å². The minimum absolute atomic E-state index is 0.0119. The van der Waals surface area contributed by atoms with Crippen molar-refractivity contribution >= 4 is 13.3 Å². The van der Waals surface area contributed by atoms with Gasteiger partial charge in [-0.05, 0) is 17.1 Å². The lowest BCUT2D eigenvalue weighted by Crippen LogP contribution is -2.50. The molecule has 0 radical (unpaired) electrons. The molecule has 132 valence electrons. The summed E-state index contributed by atoms with van der Waals surface area (Å²) in [6.45, 7) is 18.9. The fraction of sp³-hybridized carbons (Fsp3) is 0.545. The topological polar surface area (TPSA) is 9.23 Å². The van der Waals surface area contributed by atoms with Gasteiger partial charge in [-0.2, -0.15) is 0 Å². The van der Waals surface area contributed by atoms with E-state index >= 15 is 0 Å². The summed E-state index contributed by atoms with van der Waals surface area (Å²) in [4.78, 5) is 0. The lowest BCUT2D eigenvalue weighted by molar-refractivity contribution is 0.378. The maximum absolute atomic E-state index is 6.05. The number of allylic oxidation sites excluding steroid dienone is 4. The van der Waals surface area contributed by atoms with Gasteiger partial charge in [0.05, 0.1) is 15.2 Å². The molecular weight excluding hydrogens is 308 g/mol. The second kappa shape index (κ2) is 6.22. The average Bonchev–Trinajstić information content (AvgIpc) is 3.00. The van der Waals surface area contributed by atoms with Crippen molar-refractivity contribution in [2.45, 2.75) is 65.1 Å². The molecule has 0 atom stereocenters. The highest BCUT2D eigenvalue weighted by molar-refractivity contribution is 6.92. The summed E-state index contributed by atoms with van der Waals surface area (Å²) >= 11 is 0. The van der Waals surface area contributed by atoms with Crippen LogP contribution in [0, 0.1) is 12.8 Å². The molecule has 2 heteroatoms. The molecule has 0 bridgehead atoms. The van der Waals surface area contributed by atoms with Crippen molar-refractivity contribution < 1.29 is 4.74 Å². The first-order chi connectivity index (χ1) is 10.9. The number of hydrogen-bond acceptors (Lipinski definition) is 1. The van der Waals surface area contributed by atoms with E-state index in [9.17, 15) is 0 Å². The summed E-state index contributed by atoms with van der Waals surface area (Å²) in [7, 11) is 0.146. The van der Waals surface area contributed by atoms with Crippen molar-refractivity contribution in [1.82, 2.24) is 0 Å². The van der Waals surface area contributed by atoms with Gasteiger partial charge in [-0.1, -0.05) is 89.7 Å². The van der Waals surface area contributed by atoms with Gasteiger partial charge >= 0.3 is 0 Å². The largest absolute Gasteiger partial charge is 0.497 e. The Kier molecular flexibility index (Phi) is 4.93. The molecule has 0 aliphatic heterocycles. The molecule has 0 N–H and O–H groups in total. The van der Waals surface area contributed by atoms with Gasteiger partial charge in [-0.25, -0.2) is 0 Å². The van der Waals surface area contributed by atoms with Crippen molar-refractivity contribution in [3.8, 4) is 5.75 Å². The number of rotatable bonds is 4. The lowest BCUT2D eigenvalue weighted by atomic mass is 9.73. The molecule has 1 aromatic carbocycles. The van der Waals surface area contributed by atoms with Crippen molar-refractivity contribution in [3.63, 3.8) is 0 Å². The van der Waals surface area contributed by atoms with Crippen LogP contribution in [0.5, 0.6) is 5.75 Å². The SMILES string of the molecule is COc1c(C(C)(C)C2C=CC=C2)cc(C)cc1[Si](C)(C)C(C)(C)C. The van der Waals surface area contributed by atoms with Gasteiger partial charge in [-0.15, -0.1) is 0 Å². The van der Waals surface area contributed by atoms with Crippen molar-refractivity contribution in [1.29, 1.82) is 0 Å². The zero-order valence-corrected chi connectivity index (χ0v) is 17.9. The fourth-order valence-electron chi connectivity index (χ4n) is 3.43. The second-order valence-corrected chi connectivity index (χ2v) is 14.6. The van der Waals surface area contributed by atoms with E-state index in [4.69, 9.17) is 4.74 Å². The molecule has 1 nitrogen and oxygen atoms in total. The zero-order valence-electron chi connectivity index (χ0n) is 16.9. The Hall–Kier alpha value is -1.28. The molecule has 1 aliphatic carbocycles. The maximum atomic E-state index is 6.05. The molecule has 0 heterocycles. The third kappa shape index (κ3) is 3.13. The van der Waals surface area contributed by atoms with Gasteiger partial charge in [0.25, 0.3) is 0 Å². The fourth-order valence-corrected chi connectivity index (χ4v) is 5.63. The van der Waals surface area contributed by atoms with Gasteiger partial charge in [0.1, 0.15) is 5.75 Å². The molecule has 0 unspecified atom stereocenters. The number of benzene rings is 1. The summed E-state index contributed by atoms with van der Waals surface area (Å²) in [6.07, 6.45) is 8.91. The van der Waals surface area contributed by atoms with E-state index in [2.05, 4.69) is 91.1 Å². The maximum Gasteiger partial charge on any atom is 0.121 e. The Morgan fingerprint density at radius 3 is 1.96 bits per heavy atom. The van der Waals surface area contributed by atoms with Gasteiger partial charge in [0.15, 0.2) is 0 Å². The van der Waals surface area contributed by atoms with Gasteiger partial charge < -0.3 is 4.74 Å². The van der Waals surface area contributed by atoms with Crippen LogP contribution >= 0.6 is 0 Å². The van der Waals surface area contributed by atoms with Gasteiger partial charge in [0, 0.05) is 16.9 Å². The minimum atomic E-state index is -1.69. The predicted octanol–water partition coefficient (Wildman–Crippen LogP) is 5.74. The molecule has 1 aliphatic rings. The molecule has 0 saturated heterocycles. The van der Waals surface area contributed by atoms with Crippen LogP contribution in [0.25, 0.3) is 0 Å². The minimum Gasteiger partial charge on any atom is -0.497 e. The summed E-state index contributed by atoms with van der Waals surface area (Å²) < 4.78 is 6.05. The van der Waals surface area contributed by atoms with Gasteiger partial charge in [-0.3, -0.25) is 0 Å². The van der Waals surface area contributed by atoms with Crippen LogP contribution in [0.3, 0.4) is 0 Å². The predicted molar refractivity (Wildman–Crippen MR) is 109 cm³/mol. The van der Waals surface area contributed by atoms with Crippen LogP contribution < -0.4 is 9.92 Å². The third-order valence-electron chi connectivity index (χ3n) is 6.26. The molecule has 1 aromatic rings. The van der Waals surface area contributed by atoms with Crippen LogP contribution in [0.4, 0.5) is 0 Å². The van der Waals surface area contributed by atoms with Crippen LogP contribution in [0.2, 0.25) is 18.1 Å². The molecule has 24 heavy (non-hydrogen) atoms. The Balaban J connectivity index is 2.71. The normalized spacial score (nSPS) is 16.0. The van der Waals surface area contributed by atoms with E-state index in [1.165, 1.54) is 16.3 Å². The average molecular weight is 343 g/mol. The molecule has 0 fully saturated rings. The first-order valence-corrected chi connectivity index (χ1v) is 12.0. The second-order valence-electron chi connectivity index (χ2n) is 9.29. The first kappa shape index (κ1) is 19.0. The standard InChI is InChI=1S/C22H34OSi/c1-16-14-18(22(5,6)17-12-10-11-13-17)20(23-7)19(15-16)24(8,9)21(2,3)4/h10-15,17H,1-9H3. The smallest absolute Gasteiger partial charge is 0.121 e. The van der Waals surface area contributed by atoms with E-state index in [1.807, 2.05) is 7.11 Å². The number of ether oxygens (including phenoxy) is 1. The Bertz CT molecular complexity index is 660. The summed E-state index contributed by atoms with van der Waals surface area (Å²) in [6, 6.07) is 4.70. The summed E-state index contributed by atoms with van der Waals surface area (Å²) in [5.74, 6) is 1.53. The Labute approximate surface area is 149 Å². The van der Waals surface area contributed by atoms with E-state index in [0.717, 1.165) is 5.75 Å². The van der Waals surface area contributed by atoms with Crippen molar-refractivity contribution in [2.24, 2.45) is 5.92 Å². The third-order valence-corrected chi connectivity index (χ3v) is 11.7. The van der Waals surface area contributed by atoms with Gasteiger partial charge in [0.2, 0.25) is 0 Å². The van der Waals surface area contributed by atoms with E-state index in [-0.39, 0.29) is 10.5 Å². The summed E-state index contributed by atoms with van der Waals surface area (Å²) in [5, 5.41) is 1.73. The lowest BCUT2D eigenvalue weighted by Gasteiger charge is -2.40. The molecular formula is C22H34OSi. The Morgan fingerprint density at radius 1 is 0.958 bits per heavy atom. The molecule has 0 amide bonds. The van der Waals surface area contributed by atoms with E-state index in [1.54, 1.807) is 0 Å². The summed E-state index contributed by atoms with van der Waals surface area (Å²) in [5.41, 5.74) is 2.69. The molecule has 0 saturated carbocycles. The van der Waals surface area contributed by atoms with E-state index < -0.39 is 8.07 Å². The highest BCUT2D eigenvalue weighted by atomic mass is 28.3. The number of hydrogen-bond donors (Lipinski definition) is 0. The van der Waals surface area contributed by atoms with Crippen LogP contribution in [0.1, 0.15) is 45.7 Å². The monoisotopic (exact) mass is 342 g/mol.